The molecule has 2 aromatic carbocycles. The number of alkyl halides is 1. The molecule has 3 saturated heterocycles. The maximum Gasteiger partial charge on any atom is 0.319 e. The maximum absolute atomic E-state index is 16.9. The van der Waals surface area contributed by atoms with Gasteiger partial charge in [0, 0.05) is 30.5 Å². The number of halogens is 4. The molecule has 6 heterocycles. The summed E-state index contributed by atoms with van der Waals surface area (Å²) in [6, 6.07) is 4.17. The van der Waals surface area contributed by atoms with Crippen molar-refractivity contribution in [2.45, 2.75) is 49.5 Å². The minimum absolute atomic E-state index is 0.0204. The quantitative estimate of drug-likeness (QED) is 0.310. The molecule has 228 valence electrons. The number of nitrogen functional groups attached to an aromatic ring is 1. The number of aliphatic hydroxyl groups is 1. The monoisotopic (exact) mass is 642 g/mol. The number of rotatable bonds is 4. The number of hydrogen-bond donors (Lipinski definition) is 2. The van der Waals surface area contributed by atoms with Crippen molar-refractivity contribution >= 4 is 54.7 Å². The van der Waals surface area contributed by atoms with Crippen molar-refractivity contribution in [2.75, 3.05) is 43.5 Å². The predicted octanol–water partition coefficient (Wildman–Crippen LogP) is 5.18. The van der Waals surface area contributed by atoms with Crippen molar-refractivity contribution in [3.05, 3.63) is 34.4 Å². The van der Waals surface area contributed by atoms with Gasteiger partial charge in [0.05, 0.1) is 38.4 Å². The number of nitrogens with zero attached hydrogens (tertiary/aromatic N) is 5. The Labute approximate surface area is 258 Å². The van der Waals surface area contributed by atoms with Crippen LogP contribution in [0, 0.1) is 23.0 Å². The topological polar surface area (TPSA) is 121 Å². The number of fused-ring (bicyclic) bond motifs is 4. The van der Waals surface area contributed by atoms with Gasteiger partial charge in [0.25, 0.3) is 0 Å². The van der Waals surface area contributed by atoms with Gasteiger partial charge in [-0.3, -0.25) is 4.90 Å². The number of aromatic nitrogens is 2. The van der Waals surface area contributed by atoms with Crippen LogP contribution in [0.1, 0.15) is 31.2 Å². The molecular formula is C30H26ClF3N6O3S. The number of benzene rings is 2. The standard InChI is InChI=1S/C30H26ClF3N6O3S/c31-22-20(16-2-3-18(33)26-19(16)17(8-35)27(36)44-26)23(34)24-21-25(22)42-11-14-6-15(41)10-40(14)28(21)38-29(37-24)43-12-30-4-1-5-39(30)9-13(32)7-30/h2-3,13-15,41H,1,4-7,9-12,36H2/t13-,14+,15-,30+/m1/s1. The molecule has 9 nitrogen and oxygen atoms in total. The maximum atomic E-state index is 16.9. The Morgan fingerprint density at radius 1 is 1.27 bits per heavy atom. The van der Waals surface area contributed by atoms with E-state index in [9.17, 15) is 19.1 Å². The highest BCUT2D eigenvalue weighted by Gasteiger charge is 2.49. The average molecular weight is 643 g/mol. The van der Waals surface area contributed by atoms with Crippen LogP contribution in [0.3, 0.4) is 0 Å². The van der Waals surface area contributed by atoms with Crippen LogP contribution in [0.15, 0.2) is 12.1 Å². The van der Waals surface area contributed by atoms with E-state index in [1.165, 1.54) is 12.1 Å². The number of aliphatic hydroxyl groups excluding tert-OH is 1. The van der Waals surface area contributed by atoms with Crippen molar-refractivity contribution in [1.29, 1.82) is 5.26 Å². The number of thiophene rings is 1. The van der Waals surface area contributed by atoms with E-state index < -0.39 is 29.4 Å². The zero-order valence-corrected chi connectivity index (χ0v) is 24.8. The molecule has 4 aromatic rings. The van der Waals surface area contributed by atoms with Gasteiger partial charge in [0.15, 0.2) is 11.6 Å². The molecule has 4 aliphatic rings. The second kappa shape index (κ2) is 9.97. The lowest BCUT2D eigenvalue weighted by atomic mass is 9.95. The highest BCUT2D eigenvalue weighted by atomic mass is 35.5. The Morgan fingerprint density at radius 2 is 2.11 bits per heavy atom. The number of ether oxygens (including phenoxy) is 2. The van der Waals surface area contributed by atoms with Crippen LogP contribution in [0.25, 0.3) is 32.1 Å². The first-order chi connectivity index (χ1) is 21.2. The summed E-state index contributed by atoms with van der Waals surface area (Å²) in [5, 5.41) is 20.7. The van der Waals surface area contributed by atoms with Crippen molar-refractivity contribution in [3.63, 3.8) is 0 Å². The molecule has 0 saturated carbocycles. The van der Waals surface area contributed by atoms with Crippen LogP contribution >= 0.6 is 22.9 Å². The Kier molecular flexibility index (Phi) is 6.33. The number of nitrogens with two attached hydrogens (primary N) is 1. The fourth-order valence-corrected chi connectivity index (χ4v) is 8.81. The van der Waals surface area contributed by atoms with Crippen molar-refractivity contribution < 1.29 is 27.8 Å². The minimum Gasteiger partial charge on any atom is -0.489 e. The molecule has 4 atom stereocenters. The molecule has 0 radical (unpaired) electrons. The van der Waals surface area contributed by atoms with Gasteiger partial charge in [-0.2, -0.15) is 15.2 Å². The van der Waals surface area contributed by atoms with Crippen LogP contribution in [0.5, 0.6) is 11.8 Å². The Bertz CT molecular complexity index is 1920. The lowest BCUT2D eigenvalue weighted by Gasteiger charge is -2.31. The zero-order chi connectivity index (χ0) is 30.5. The third-order valence-electron chi connectivity index (χ3n) is 9.46. The Balaban J connectivity index is 1.35. The van der Waals surface area contributed by atoms with E-state index in [0.717, 1.165) is 30.7 Å². The molecule has 0 aliphatic carbocycles. The van der Waals surface area contributed by atoms with E-state index in [1.807, 2.05) is 11.0 Å². The van der Waals surface area contributed by atoms with Gasteiger partial charge in [0.1, 0.15) is 47.6 Å². The van der Waals surface area contributed by atoms with Gasteiger partial charge < -0.3 is 25.2 Å². The third-order valence-corrected chi connectivity index (χ3v) is 10.8. The van der Waals surface area contributed by atoms with Crippen LogP contribution < -0.4 is 20.1 Å². The molecule has 8 rings (SSSR count). The first-order valence-corrected chi connectivity index (χ1v) is 15.6. The molecule has 0 unspecified atom stereocenters. The second-order valence-corrected chi connectivity index (χ2v) is 13.4. The summed E-state index contributed by atoms with van der Waals surface area (Å²) >= 11 is 7.83. The van der Waals surface area contributed by atoms with Crippen LogP contribution in [-0.2, 0) is 0 Å². The lowest BCUT2D eigenvalue weighted by Crippen LogP contribution is -2.43. The summed E-state index contributed by atoms with van der Waals surface area (Å²) in [4.78, 5) is 13.2. The van der Waals surface area contributed by atoms with E-state index >= 15 is 4.39 Å². The molecular weight excluding hydrogens is 617 g/mol. The highest BCUT2D eigenvalue weighted by molar-refractivity contribution is 7.23. The first kappa shape index (κ1) is 27.9. The van der Waals surface area contributed by atoms with E-state index in [2.05, 4.69) is 9.88 Å². The first-order valence-electron chi connectivity index (χ1n) is 14.4. The van der Waals surface area contributed by atoms with Crippen LogP contribution in [0.2, 0.25) is 5.02 Å². The molecule has 4 aliphatic heterocycles. The molecule has 2 aromatic heterocycles. The van der Waals surface area contributed by atoms with Gasteiger partial charge in [-0.25, -0.2) is 13.2 Å². The zero-order valence-electron chi connectivity index (χ0n) is 23.2. The Hall–Kier alpha value is -3.57. The largest absolute Gasteiger partial charge is 0.489 e. The van der Waals surface area contributed by atoms with E-state index in [0.29, 0.717) is 25.2 Å². The number of hydrogen-bond acceptors (Lipinski definition) is 10. The van der Waals surface area contributed by atoms with Crippen molar-refractivity contribution in [3.8, 4) is 29.0 Å². The highest BCUT2D eigenvalue weighted by Crippen LogP contribution is 2.51. The van der Waals surface area contributed by atoms with Gasteiger partial charge in [-0.15, -0.1) is 11.3 Å². The average Bonchev–Trinajstić information content (AvgIpc) is 3.71. The second-order valence-electron chi connectivity index (χ2n) is 12.0. The SMILES string of the molecule is N#Cc1c(N)sc2c(F)ccc(-c3c(Cl)c4c5c(nc(OC[C@@]67CCCN6C[C@H](F)C7)nc5c3F)N3C[C@H](O)C[C@H]3CO4)c12. The summed E-state index contributed by atoms with van der Waals surface area (Å²) in [6.07, 6.45) is 0.834. The molecule has 44 heavy (non-hydrogen) atoms. The minimum atomic E-state index is -0.952. The van der Waals surface area contributed by atoms with Crippen molar-refractivity contribution in [2.24, 2.45) is 0 Å². The molecule has 0 amide bonds. The smallest absolute Gasteiger partial charge is 0.319 e. The predicted molar refractivity (Wildman–Crippen MR) is 160 cm³/mol. The van der Waals surface area contributed by atoms with E-state index in [-0.39, 0.29) is 85.3 Å². The summed E-state index contributed by atoms with van der Waals surface area (Å²) < 4.78 is 58.7. The molecule has 0 spiro atoms. The van der Waals surface area contributed by atoms with Crippen LogP contribution in [0.4, 0.5) is 24.0 Å². The van der Waals surface area contributed by atoms with Gasteiger partial charge in [0.2, 0.25) is 0 Å². The number of nitriles is 1. The summed E-state index contributed by atoms with van der Waals surface area (Å²) in [7, 11) is 0. The van der Waals surface area contributed by atoms with Gasteiger partial charge in [-0.1, -0.05) is 17.7 Å². The lowest BCUT2D eigenvalue weighted by molar-refractivity contribution is 0.107. The number of anilines is 2. The molecule has 3 fully saturated rings. The molecule has 0 bridgehead atoms. The van der Waals surface area contributed by atoms with E-state index in [4.69, 9.17) is 31.8 Å². The van der Waals surface area contributed by atoms with Gasteiger partial charge >= 0.3 is 6.01 Å². The fraction of sp³-hybridized carbons (Fsp3) is 0.433. The van der Waals surface area contributed by atoms with E-state index in [1.54, 1.807) is 0 Å². The summed E-state index contributed by atoms with van der Waals surface area (Å²) in [5.74, 6) is -0.991. The van der Waals surface area contributed by atoms with Gasteiger partial charge in [-0.05, 0) is 37.4 Å². The summed E-state index contributed by atoms with van der Waals surface area (Å²) in [5.41, 5.74) is 5.49. The molecule has 3 N–H and O–H groups in total. The molecule has 14 heteroatoms. The summed E-state index contributed by atoms with van der Waals surface area (Å²) in [6.45, 7) is 1.63. The Morgan fingerprint density at radius 3 is 2.93 bits per heavy atom. The third kappa shape index (κ3) is 3.97. The normalized spacial score (nSPS) is 26.1. The van der Waals surface area contributed by atoms with Crippen molar-refractivity contribution in [1.82, 2.24) is 14.9 Å². The fourth-order valence-electron chi connectivity index (χ4n) is 7.52. The van der Waals surface area contributed by atoms with Crippen LogP contribution in [-0.4, -0.2) is 76.7 Å².